The Morgan fingerprint density at radius 2 is 2.18 bits per heavy atom. The van der Waals surface area contributed by atoms with E-state index in [0.29, 0.717) is 12.3 Å². The fourth-order valence-electron chi connectivity index (χ4n) is 1.58. The van der Waals surface area contributed by atoms with Crippen LogP contribution in [-0.4, -0.2) is 18.2 Å². The quantitative estimate of drug-likeness (QED) is 0.797. The van der Waals surface area contributed by atoms with E-state index in [1.165, 1.54) is 5.56 Å². The van der Waals surface area contributed by atoms with Gasteiger partial charge in [-0.05, 0) is 29.5 Å². The monoisotopic (exact) mass is 234 g/mol. The van der Waals surface area contributed by atoms with Gasteiger partial charge in [0.2, 0.25) is 0 Å². The fraction of sp³-hybridized carbons (Fsp3) is 0.357. The third-order valence-electron chi connectivity index (χ3n) is 2.58. The topological polar surface area (TPSA) is 46.5 Å². The zero-order valence-corrected chi connectivity index (χ0v) is 10.4. The normalized spacial score (nSPS) is 11.1. The predicted octanol–water partition coefficient (Wildman–Crippen LogP) is 3.00. The lowest BCUT2D eigenvalue weighted by Crippen LogP contribution is -1.95. The molecule has 17 heavy (non-hydrogen) atoms. The number of benzene rings is 1. The third-order valence-corrected chi connectivity index (χ3v) is 2.58. The van der Waals surface area contributed by atoms with Crippen LogP contribution in [0.4, 0.5) is 0 Å². The molecule has 0 bridgehead atoms. The van der Waals surface area contributed by atoms with Gasteiger partial charge in [-0.15, -0.1) is 0 Å². The first kappa shape index (κ1) is 13.3. The SMILES string of the molecule is COc1cc(C(C)C)ccc1C/C=C/C(=O)O. The highest BCUT2D eigenvalue weighted by atomic mass is 16.5. The highest BCUT2D eigenvalue weighted by Gasteiger charge is 2.05. The Morgan fingerprint density at radius 3 is 2.71 bits per heavy atom. The molecule has 3 heteroatoms. The molecule has 0 aliphatic heterocycles. The van der Waals surface area contributed by atoms with Crippen molar-refractivity contribution in [3.8, 4) is 5.75 Å². The number of ether oxygens (including phenoxy) is 1. The molecule has 1 aromatic carbocycles. The third kappa shape index (κ3) is 3.94. The van der Waals surface area contributed by atoms with Gasteiger partial charge in [-0.3, -0.25) is 0 Å². The molecule has 0 amide bonds. The van der Waals surface area contributed by atoms with Crippen LogP contribution < -0.4 is 4.74 Å². The van der Waals surface area contributed by atoms with Crippen molar-refractivity contribution in [3.63, 3.8) is 0 Å². The molecule has 1 N–H and O–H groups in total. The summed E-state index contributed by atoms with van der Waals surface area (Å²) in [5.41, 5.74) is 2.21. The molecule has 92 valence electrons. The number of carbonyl (C=O) groups is 1. The molecule has 0 saturated carbocycles. The van der Waals surface area contributed by atoms with Gasteiger partial charge in [-0.1, -0.05) is 32.1 Å². The summed E-state index contributed by atoms with van der Waals surface area (Å²) in [6.07, 6.45) is 3.33. The van der Waals surface area contributed by atoms with Gasteiger partial charge >= 0.3 is 5.97 Å². The van der Waals surface area contributed by atoms with Crippen LogP contribution in [0.25, 0.3) is 0 Å². The number of aliphatic carboxylic acids is 1. The van der Waals surface area contributed by atoms with Gasteiger partial charge in [-0.2, -0.15) is 0 Å². The van der Waals surface area contributed by atoms with Crippen LogP contribution >= 0.6 is 0 Å². The second-order valence-electron chi connectivity index (χ2n) is 4.17. The van der Waals surface area contributed by atoms with E-state index in [9.17, 15) is 4.79 Å². The lowest BCUT2D eigenvalue weighted by Gasteiger charge is -2.11. The van der Waals surface area contributed by atoms with Gasteiger partial charge in [0.05, 0.1) is 7.11 Å². The van der Waals surface area contributed by atoms with Gasteiger partial charge in [0.25, 0.3) is 0 Å². The summed E-state index contributed by atoms with van der Waals surface area (Å²) in [6.45, 7) is 4.25. The Balaban J connectivity index is 2.89. The van der Waals surface area contributed by atoms with Crippen molar-refractivity contribution < 1.29 is 14.6 Å². The summed E-state index contributed by atoms with van der Waals surface area (Å²) < 4.78 is 5.31. The average molecular weight is 234 g/mol. The van der Waals surface area contributed by atoms with E-state index in [2.05, 4.69) is 19.9 Å². The molecule has 3 nitrogen and oxygen atoms in total. The standard InChI is InChI=1S/C14H18O3/c1-10(2)12-8-7-11(13(9-12)17-3)5-4-6-14(15)16/h4,6-10H,5H2,1-3H3,(H,15,16)/b6-4+. The summed E-state index contributed by atoms with van der Waals surface area (Å²) in [5.74, 6) is 0.335. The van der Waals surface area contributed by atoms with Gasteiger partial charge in [-0.25, -0.2) is 4.79 Å². The van der Waals surface area contributed by atoms with E-state index in [1.807, 2.05) is 12.1 Å². The number of allylic oxidation sites excluding steroid dienone is 1. The van der Waals surface area contributed by atoms with E-state index in [4.69, 9.17) is 9.84 Å². The highest BCUT2D eigenvalue weighted by Crippen LogP contribution is 2.25. The Bertz CT molecular complexity index is 419. The molecule has 1 rings (SSSR count). The fourth-order valence-corrected chi connectivity index (χ4v) is 1.58. The molecule has 0 aromatic heterocycles. The van der Waals surface area contributed by atoms with Crippen molar-refractivity contribution in [2.75, 3.05) is 7.11 Å². The summed E-state index contributed by atoms with van der Waals surface area (Å²) in [6, 6.07) is 6.05. The molecular formula is C14H18O3. The van der Waals surface area contributed by atoms with Crippen LogP contribution in [0.5, 0.6) is 5.75 Å². The number of hydrogen-bond donors (Lipinski definition) is 1. The number of hydrogen-bond acceptors (Lipinski definition) is 2. The molecule has 0 atom stereocenters. The van der Waals surface area contributed by atoms with Crippen molar-refractivity contribution >= 4 is 5.97 Å². The molecular weight excluding hydrogens is 216 g/mol. The zero-order chi connectivity index (χ0) is 12.8. The molecule has 0 unspecified atom stereocenters. The van der Waals surface area contributed by atoms with Crippen LogP contribution in [0.2, 0.25) is 0 Å². The van der Waals surface area contributed by atoms with Crippen LogP contribution in [0.3, 0.4) is 0 Å². The van der Waals surface area contributed by atoms with Crippen molar-refractivity contribution in [1.82, 2.24) is 0 Å². The molecule has 0 heterocycles. The largest absolute Gasteiger partial charge is 0.496 e. The van der Waals surface area contributed by atoms with Crippen molar-refractivity contribution in [2.24, 2.45) is 0 Å². The zero-order valence-electron chi connectivity index (χ0n) is 10.4. The van der Waals surface area contributed by atoms with Crippen LogP contribution in [-0.2, 0) is 11.2 Å². The van der Waals surface area contributed by atoms with E-state index >= 15 is 0 Å². The number of methoxy groups -OCH3 is 1. The lowest BCUT2D eigenvalue weighted by molar-refractivity contribution is -0.131. The lowest BCUT2D eigenvalue weighted by atomic mass is 10.00. The van der Waals surface area contributed by atoms with Crippen LogP contribution in [0.15, 0.2) is 30.4 Å². The maximum absolute atomic E-state index is 10.4. The van der Waals surface area contributed by atoms with E-state index < -0.39 is 5.97 Å². The first-order valence-corrected chi connectivity index (χ1v) is 5.61. The molecule has 0 spiro atoms. The first-order chi connectivity index (χ1) is 8.04. The molecule has 0 aliphatic rings. The molecule has 0 saturated heterocycles. The first-order valence-electron chi connectivity index (χ1n) is 5.61. The smallest absolute Gasteiger partial charge is 0.327 e. The number of carboxylic acids is 1. The van der Waals surface area contributed by atoms with Crippen LogP contribution in [0, 0.1) is 0 Å². The Kier molecular flexibility index (Phi) is 4.76. The molecule has 0 fully saturated rings. The minimum Gasteiger partial charge on any atom is -0.496 e. The summed E-state index contributed by atoms with van der Waals surface area (Å²) in [7, 11) is 1.63. The minimum absolute atomic E-state index is 0.451. The van der Waals surface area contributed by atoms with Crippen molar-refractivity contribution in [3.05, 3.63) is 41.5 Å². The number of rotatable bonds is 5. The van der Waals surface area contributed by atoms with Crippen LogP contribution in [0.1, 0.15) is 30.9 Å². The Morgan fingerprint density at radius 1 is 1.47 bits per heavy atom. The number of carboxylic acid groups (broad SMARTS) is 1. The Labute approximate surface area is 102 Å². The van der Waals surface area contributed by atoms with E-state index in [0.717, 1.165) is 17.4 Å². The average Bonchev–Trinajstić information content (AvgIpc) is 2.28. The van der Waals surface area contributed by atoms with Gasteiger partial charge in [0, 0.05) is 6.08 Å². The predicted molar refractivity (Wildman–Crippen MR) is 67.6 cm³/mol. The van der Waals surface area contributed by atoms with Gasteiger partial charge in [0.1, 0.15) is 5.75 Å². The molecule has 1 aromatic rings. The minimum atomic E-state index is -0.928. The second kappa shape index (κ2) is 6.09. The Hall–Kier alpha value is -1.77. The highest BCUT2D eigenvalue weighted by molar-refractivity contribution is 5.79. The van der Waals surface area contributed by atoms with Crippen molar-refractivity contribution in [2.45, 2.75) is 26.2 Å². The maximum atomic E-state index is 10.4. The molecule has 0 aliphatic carbocycles. The summed E-state index contributed by atoms with van der Waals surface area (Å²) >= 11 is 0. The molecule has 0 radical (unpaired) electrons. The summed E-state index contributed by atoms with van der Waals surface area (Å²) in [4.78, 5) is 10.4. The summed E-state index contributed by atoms with van der Waals surface area (Å²) in [5, 5.41) is 8.52. The van der Waals surface area contributed by atoms with Crippen molar-refractivity contribution in [1.29, 1.82) is 0 Å². The van der Waals surface area contributed by atoms with E-state index in [1.54, 1.807) is 13.2 Å². The maximum Gasteiger partial charge on any atom is 0.327 e. The van der Waals surface area contributed by atoms with E-state index in [-0.39, 0.29) is 0 Å². The van der Waals surface area contributed by atoms with Gasteiger partial charge in [0.15, 0.2) is 0 Å². The second-order valence-corrected chi connectivity index (χ2v) is 4.17. The van der Waals surface area contributed by atoms with Gasteiger partial charge < -0.3 is 9.84 Å².